The molecule has 0 aromatic heterocycles. The highest BCUT2D eigenvalue weighted by Gasteiger charge is 2.38. The number of hydrogen-bond donors (Lipinski definition) is 1. The van der Waals surface area contributed by atoms with Crippen molar-refractivity contribution in [3.63, 3.8) is 0 Å². The van der Waals surface area contributed by atoms with Crippen molar-refractivity contribution < 1.29 is 18.7 Å². The van der Waals surface area contributed by atoms with Crippen LogP contribution < -0.4 is 0 Å². The Kier molecular flexibility index (Phi) is 3.64. The van der Waals surface area contributed by atoms with Crippen molar-refractivity contribution in [3.8, 4) is 0 Å². The van der Waals surface area contributed by atoms with Gasteiger partial charge in [0.2, 0.25) is 0 Å². The number of halogens is 2. The first-order valence-electron chi connectivity index (χ1n) is 6.21. The molecule has 1 saturated carbocycles. The van der Waals surface area contributed by atoms with Crippen LogP contribution in [0.4, 0.5) is 8.78 Å². The predicted octanol–water partition coefficient (Wildman–Crippen LogP) is 3.64. The van der Waals surface area contributed by atoms with Gasteiger partial charge in [-0.1, -0.05) is 19.3 Å². The van der Waals surface area contributed by atoms with Crippen molar-refractivity contribution in [2.75, 3.05) is 0 Å². The van der Waals surface area contributed by atoms with Crippen LogP contribution >= 0.6 is 0 Å². The molecule has 0 aliphatic heterocycles. The Morgan fingerprint density at radius 3 is 2.50 bits per heavy atom. The van der Waals surface area contributed by atoms with Crippen LogP contribution in [0.5, 0.6) is 0 Å². The molecular formula is C14H16F2O2. The summed E-state index contributed by atoms with van der Waals surface area (Å²) in [7, 11) is 0. The van der Waals surface area contributed by atoms with E-state index in [1.54, 1.807) is 0 Å². The Morgan fingerprint density at radius 2 is 1.89 bits per heavy atom. The first kappa shape index (κ1) is 13.0. The van der Waals surface area contributed by atoms with Crippen LogP contribution in [0.2, 0.25) is 0 Å². The van der Waals surface area contributed by atoms with Crippen molar-refractivity contribution in [3.05, 3.63) is 35.4 Å². The molecule has 0 amide bonds. The van der Waals surface area contributed by atoms with Crippen LogP contribution in [0.25, 0.3) is 0 Å². The zero-order chi connectivity index (χ0) is 13.2. The zero-order valence-electron chi connectivity index (χ0n) is 10.1. The molecule has 1 aliphatic carbocycles. The summed E-state index contributed by atoms with van der Waals surface area (Å²) < 4.78 is 27.2. The Bertz CT molecular complexity index is 451. The van der Waals surface area contributed by atoms with Crippen molar-refractivity contribution in [1.29, 1.82) is 0 Å². The average Bonchev–Trinajstić information content (AvgIpc) is 2.32. The Morgan fingerprint density at radius 1 is 1.22 bits per heavy atom. The molecule has 1 aliphatic rings. The third kappa shape index (κ3) is 2.52. The molecule has 0 spiro atoms. The highest BCUT2D eigenvalue weighted by molar-refractivity contribution is 5.69. The van der Waals surface area contributed by atoms with E-state index < -0.39 is 23.0 Å². The van der Waals surface area contributed by atoms with Crippen LogP contribution in [-0.4, -0.2) is 11.1 Å². The van der Waals surface area contributed by atoms with Gasteiger partial charge in [-0.25, -0.2) is 8.78 Å². The van der Waals surface area contributed by atoms with Crippen LogP contribution in [0.1, 0.15) is 44.1 Å². The van der Waals surface area contributed by atoms with Crippen molar-refractivity contribution >= 4 is 5.97 Å². The van der Waals surface area contributed by atoms with E-state index in [9.17, 15) is 13.6 Å². The van der Waals surface area contributed by atoms with E-state index in [0.717, 1.165) is 37.5 Å². The molecule has 1 N–H and O–H groups in total. The number of hydrogen-bond acceptors (Lipinski definition) is 1. The normalized spacial score (nSPS) is 18.6. The van der Waals surface area contributed by atoms with E-state index in [2.05, 4.69) is 0 Å². The van der Waals surface area contributed by atoms with Crippen molar-refractivity contribution in [2.24, 2.45) is 0 Å². The van der Waals surface area contributed by atoms with Gasteiger partial charge in [-0.15, -0.1) is 0 Å². The Labute approximate surface area is 105 Å². The lowest BCUT2D eigenvalue weighted by Crippen LogP contribution is -2.33. The highest BCUT2D eigenvalue weighted by atomic mass is 19.1. The molecule has 0 bridgehead atoms. The largest absolute Gasteiger partial charge is 0.481 e. The summed E-state index contributed by atoms with van der Waals surface area (Å²) in [6.45, 7) is 0. The first-order valence-corrected chi connectivity index (χ1v) is 6.21. The maximum absolute atomic E-state index is 13.9. The van der Waals surface area contributed by atoms with Gasteiger partial charge in [0.1, 0.15) is 11.6 Å². The van der Waals surface area contributed by atoms with E-state index >= 15 is 0 Å². The Balaban J connectivity index is 2.44. The third-order valence-electron chi connectivity index (χ3n) is 3.80. The van der Waals surface area contributed by atoms with Gasteiger partial charge in [-0.2, -0.15) is 0 Å². The summed E-state index contributed by atoms with van der Waals surface area (Å²) in [6.07, 6.45) is 3.84. The zero-order valence-corrected chi connectivity index (χ0v) is 10.1. The van der Waals surface area contributed by atoms with E-state index in [1.165, 1.54) is 0 Å². The van der Waals surface area contributed by atoms with Gasteiger partial charge in [0.15, 0.2) is 0 Å². The smallest absolute Gasteiger partial charge is 0.304 e. The fourth-order valence-electron chi connectivity index (χ4n) is 2.96. The minimum atomic E-state index is -0.958. The number of carboxylic acids is 1. The number of aliphatic carboxylic acids is 1. The lowest BCUT2D eigenvalue weighted by Gasteiger charge is -2.36. The lowest BCUT2D eigenvalue weighted by atomic mass is 9.67. The predicted molar refractivity (Wildman–Crippen MR) is 63.4 cm³/mol. The van der Waals surface area contributed by atoms with Gasteiger partial charge in [-0.3, -0.25) is 4.79 Å². The van der Waals surface area contributed by atoms with E-state index in [0.29, 0.717) is 12.8 Å². The molecule has 0 saturated heterocycles. The van der Waals surface area contributed by atoms with Gasteiger partial charge in [0.25, 0.3) is 0 Å². The molecule has 2 rings (SSSR count). The second kappa shape index (κ2) is 5.04. The van der Waals surface area contributed by atoms with Crippen LogP contribution in [-0.2, 0) is 10.2 Å². The minimum Gasteiger partial charge on any atom is -0.481 e. The van der Waals surface area contributed by atoms with Gasteiger partial charge < -0.3 is 5.11 Å². The molecule has 4 heteroatoms. The fourth-order valence-corrected chi connectivity index (χ4v) is 2.96. The van der Waals surface area contributed by atoms with Crippen LogP contribution in [0, 0.1) is 11.6 Å². The SMILES string of the molecule is O=C(O)CC1(c2cc(F)ccc2F)CCCCC1. The molecule has 1 fully saturated rings. The van der Waals surface area contributed by atoms with E-state index in [-0.39, 0.29) is 12.0 Å². The number of carboxylic acid groups (broad SMARTS) is 1. The fraction of sp³-hybridized carbons (Fsp3) is 0.500. The average molecular weight is 254 g/mol. The summed E-state index contributed by atoms with van der Waals surface area (Å²) in [5, 5.41) is 9.04. The van der Waals surface area contributed by atoms with Crippen molar-refractivity contribution in [1.82, 2.24) is 0 Å². The standard InChI is InChI=1S/C14H16F2O2/c15-10-4-5-12(16)11(8-10)14(9-13(17)18)6-2-1-3-7-14/h4-5,8H,1-3,6-7,9H2,(H,17,18). The second-order valence-electron chi connectivity index (χ2n) is 5.04. The lowest BCUT2D eigenvalue weighted by molar-refractivity contribution is -0.138. The van der Waals surface area contributed by atoms with Crippen LogP contribution in [0.3, 0.4) is 0 Å². The molecule has 98 valence electrons. The minimum absolute atomic E-state index is 0.132. The van der Waals surface area contributed by atoms with Gasteiger partial charge in [0.05, 0.1) is 6.42 Å². The number of carbonyl (C=O) groups is 1. The van der Waals surface area contributed by atoms with Crippen LogP contribution in [0.15, 0.2) is 18.2 Å². The molecule has 0 atom stereocenters. The van der Waals surface area contributed by atoms with Gasteiger partial charge >= 0.3 is 5.97 Å². The molecular weight excluding hydrogens is 238 g/mol. The maximum Gasteiger partial charge on any atom is 0.304 e. The molecule has 0 radical (unpaired) electrons. The molecule has 18 heavy (non-hydrogen) atoms. The molecule has 1 aromatic carbocycles. The second-order valence-corrected chi connectivity index (χ2v) is 5.04. The first-order chi connectivity index (χ1) is 8.53. The molecule has 2 nitrogen and oxygen atoms in total. The third-order valence-corrected chi connectivity index (χ3v) is 3.80. The quantitative estimate of drug-likeness (QED) is 0.894. The molecule has 1 aromatic rings. The van der Waals surface area contributed by atoms with Gasteiger partial charge in [0, 0.05) is 5.41 Å². The van der Waals surface area contributed by atoms with Crippen molar-refractivity contribution in [2.45, 2.75) is 43.9 Å². The van der Waals surface area contributed by atoms with E-state index in [4.69, 9.17) is 5.11 Å². The summed E-state index contributed by atoms with van der Waals surface area (Å²) in [4.78, 5) is 11.0. The summed E-state index contributed by atoms with van der Waals surface area (Å²) in [5.74, 6) is -1.97. The summed E-state index contributed by atoms with van der Waals surface area (Å²) >= 11 is 0. The highest BCUT2D eigenvalue weighted by Crippen LogP contribution is 2.43. The molecule has 0 unspecified atom stereocenters. The molecule has 0 heterocycles. The summed E-state index contributed by atoms with van der Waals surface area (Å²) in [6, 6.07) is 3.31. The Hall–Kier alpha value is -1.45. The topological polar surface area (TPSA) is 37.3 Å². The number of benzene rings is 1. The van der Waals surface area contributed by atoms with Gasteiger partial charge in [-0.05, 0) is 36.6 Å². The maximum atomic E-state index is 13.9. The summed E-state index contributed by atoms with van der Waals surface area (Å²) in [5.41, 5.74) is -0.513. The number of rotatable bonds is 3. The van der Waals surface area contributed by atoms with E-state index in [1.807, 2.05) is 0 Å². The monoisotopic (exact) mass is 254 g/mol.